The van der Waals surface area contributed by atoms with Gasteiger partial charge in [-0.25, -0.2) is 4.98 Å². The van der Waals surface area contributed by atoms with Crippen LogP contribution in [0.5, 0.6) is 0 Å². The van der Waals surface area contributed by atoms with Crippen molar-refractivity contribution >= 4 is 17.0 Å². The predicted octanol–water partition coefficient (Wildman–Crippen LogP) is 6.39. The van der Waals surface area contributed by atoms with Gasteiger partial charge in [-0.3, -0.25) is 0 Å². The molecule has 1 fully saturated rings. The minimum absolute atomic E-state index is 0.287. The Kier molecular flexibility index (Phi) is 7.58. The summed E-state index contributed by atoms with van der Waals surface area (Å²) >= 11 is 0. The SMILES string of the molecule is CC(C)n1c(NC2CCN(CCCC(C#N)(c3ccccc3)C(C)C)CC2)nc2ccccc21. The van der Waals surface area contributed by atoms with E-state index in [4.69, 9.17) is 4.98 Å². The number of imidazole rings is 1. The number of anilines is 1. The molecule has 1 unspecified atom stereocenters. The number of likely N-dealkylation sites (tertiary alicyclic amines) is 1. The van der Waals surface area contributed by atoms with Crippen LogP contribution in [0.4, 0.5) is 5.95 Å². The summed E-state index contributed by atoms with van der Waals surface area (Å²) in [7, 11) is 0. The molecule has 0 spiro atoms. The molecule has 0 bridgehead atoms. The summed E-state index contributed by atoms with van der Waals surface area (Å²) in [6.07, 6.45) is 4.19. The number of aromatic nitrogens is 2. The van der Waals surface area contributed by atoms with Crippen molar-refractivity contribution in [2.45, 2.75) is 70.9 Å². The molecule has 0 amide bonds. The highest BCUT2D eigenvalue weighted by Crippen LogP contribution is 2.36. The molecular formula is C29H39N5. The number of hydrogen-bond acceptors (Lipinski definition) is 4. The fourth-order valence-corrected chi connectivity index (χ4v) is 5.49. The van der Waals surface area contributed by atoms with Crippen LogP contribution >= 0.6 is 0 Å². The zero-order valence-electron chi connectivity index (χ0n) is 21.2. The number of fused-ring (bicyclic) bond motifs is 1. The predicted molar refractivity (Wildman–Crippen MR) is 141 cm³/mol. The highest BCUT2D eigenvalue weighted by atomic mass is 15.2. The van der Waals surface area contributed by atoms with Gasteiger partial charge in [0.15, 0.2) is 0 Å². The van der Waals surface area contributed by atoms with Gasteiger partial charge in [0.1, 0.15) is 0 Å². The summed E-state index contributed by atoms with van der Waals surface area (Å²) in [5, 5.41) is 13.9. The maximum atomic E-state index is 10.1. The molecule has 5 nitrogen and oxygen atoms in total. The number of nitrogens with zero attached hydrogens (tertiary/aromatic N) is 4. The fraction of sp³-hybridized carbons (Fsp3) is 0.517. The van der Waals surface area contributed by atoms with Crippen molar-refractivity contribution in [2.75, 3.05) is 25.0 Å². The van der Waals surface area contributed by atoms with E-state index in [0.29, 0.717) is 12.1 Å². The van der Waals surface area contributed by atoms with Crippen LogP contribution in [-0.4, -0.2) is 40.1 Å². The summed E-state index contributed by atoms with van der Waals surface area (Å²) in [6, 6.07) is 22.3. The molecule has 1 atom stereocenters. The molecule has 0 radical (unpaired) electrons. The zero-order valence-corrected chi connectivity index (χ0v) is 21.2. The summed E-state index contributed by atoms with van der Waals surface area (Å²) in [4.78, 5) is 7.45. The lowest BCUT2D eigenvalue weighted by Gasteiger charge is -2.35. The van der Waals surface area contributed by atoms with E-state index in [0.717, 1.165) is 62.3 Å². The minimum Gasteiger partial charge on any atom is -0.353 e. The first kappa shape index (κ1) is 24.3. The third-order valence-corrected chi connectivity index (χ3v) is 7.55. The topological polar surface area (TPSA) is 56.9 Å². The van der Waals surface area contributed by atoms with E-state index in [-0.39, 0.29) is 5.92 Å². The van der Waals surface area contributed by atoms with Crippen molar-refractivity contribution in [3.63, 3.8) is 0 Å². The fourth-order valence-electron chi connectivity index (χ4n) is 5.49. The molecule has 180 valence electrons. The van der Waals surface area contributed by atoms with Crippen LogP contribution in [0.1, 0.15) is 65.0 Å². The first-order valence-corrected chi connectivity index (χ1v) is 12.9. The number of rotatable bonds is 9. The monoisotopic (exact) mass is 457 g/mol. The molecule has 2 aromatic carbocycles. The first-order chi connectivity index (χ1) is 16.4. The summed E-state index contributed by atoms with van der Waals surface area (Å²) < 4.78 is 2.32. The van der Waals surface area contributed by atoms with E-state index in [2.05, 4.69) is 97.1 Å². The van der Waals surface area contributed by atoms with Gasteiger partial charge in [-0.05, 0) is 69.7 Å². The van der Waals surface area contributed by atoms with E-state index in [1.54, 1.807) is 0 Å². The Morgan fingerprint density at radius 1 is 1.03 bits per heavy atom. The maximum absolute atomic E-state index is 10.1. The molecule has 1 aliphatic heterocycles. The lowest BCUT2D eigenvalue weighted by Crippen LogP contribution is -2.40. The smallest absolute Gasteiger partial charge is 0.204 e. The van der Waals surface area contributed by atoms with E-state index in [9.17, 15) is 5.26 Å². The number of piperidine rings is 1. The van der Waals surface area contributed by atoms with Crippen LogP contribution in [-0.2, 0) is 5.41 Å². The normalized spacial score (nSPS) is 17.2. The van der Waals surface area contributed by atoms with Crippen molar-refractivity contribution in [2.24, 2.45) is 5.92 Å². The van der Waals surface area contributed by atoms with Gasteiger partial charge in [0, 0.05) is 25.2 Å². The molecule has 3 aromatic rings. The molecule has 5 heteroatoms. The summed E-state index contributed by atoms with van der Waals surface area (Å²) in [5.41, 5.74) is 3.00. The number of benzene rings is 2. The third kappa shape index (κ3) is 4.98. The van der Waals surface area contributed by atoms with Gasteiger partial charge in [0.05, 0.1) is 22.5 Å². The highest BCUT2D eigenvalue weighted by Gasteiger charge is 2.35. The number of para-hydroxylation sites is 2. The second-order valence-corrected chi connectivity index (χ2v) is 10.4. The van der Waals surface area contributed by atoms with E-state index in [1.165, 1.54) is 5.52 Å². The van der Waals surface area contributed by atoms with Gasteiger partial charge >= 0.3 is 0 Å². The summed E-state index contributed by atoms with van der Waals surface area (Å²) in [5.74, 6) is 1.28. The van der Waals surface area contributed by atoms with Crippen molar-refractivity contribution in [3.05, 3.63) is 60.2 Å². The molecule has 1 N–H and O–H groups in total. The van der Waals surface area contributed by atoms with Gasteiger partial charge in [-0.2, -0.15) is 5.26 Å². The number of nitrogens with one attached hydrogen (secondary N) is 1. The quantitative estimate of drug-likeness (QED) is 0.404. The van der Waals surface area contributed by atoms with Crippen LogP contribution in [0.15, 0.2) is 54.6 Å². The van der Waals surface area contributed by atoms with E-state index < -0.39 is 5.41 Å². The summed E-state index contributed by atoms with van der Waals surface area (Å²) in [6.45, 7) is 12.0. The number of hydrogen-bond donors (Lipinski definition) is 1. The zero-order chi connectivity index (χ0) is 24.1. The van der Waals surface area contributed by atoms with Crippen molar-refractivity contribution in [3.8, 4) is 6.07 Å². The van der Waals surface area contributed by atoms with Gasteiger partial charge in [0.25, 0.3) is 0 Å². The molecule has 34 heavy (non-hydrogen) atoms. The lowest BCUT2D eigenvalue weighted by atomic mass is 9.70. The Hall–Kier alpha value is -2.84. The van der Waals surface area contributed by atoms with Gasteiger partial charge in [-0.15, -0.1) is 0 Å². The molecule has 1 aliphatic rings. The Labute approximate surface area is 204 Å². The lowest BCUT2D eigenvalue weighted by molar-refractivity contribution is 0.206. The minimum atomic E-state index is -0.406. The first-order valence-electron chi connectivity index (χ1n) is 12.9. The maximum Gasteiger partial charge on any atom is 0.204 e. The van der Waals surface area contributed by atoms with E-state index >= 15 is 0 Å². The second-order valence-electron chi connectivity index (χ2n) is 10.4. The molecular weight excluding hydrogens is 418 g/mol. The average molecular weight is 458 g/mol. The van der Waals surface area contributed by atoms with Crippen LogP contribution in [0, 0.1) is 17.2 Å². The molecule has 4 rings (SSSR count). The Balaban J connectivity index is 1.32. The van der Waals surface area contributed by atoms with Crippen molar-refractivity contribution < 1.29 is 0 Å². The standard InChI is InChI=1S/C29H39N5/c1-22(2)29(21-30,24-11-6-5-7-12-24)17-10-18-33-19-15-25(16-20-33)31-28-32-26-13-8-9-14-27(26)34(28)23(3)4/h5-9,11-14,22-23,25H,10,15-20H2,1-4H3,(H,31,32). The molecule has 2 heterocycles. The van der Waals surface area contributed by atoms with Crippen LogP contribution in [0.2, 0.25) is 0 Å². The van der Waals surface area contributed by atoms with Crippen LogP contribution < -0.4 is 5.32 Å². The Bertz CT molecular complexity index is 1100. The number of nitriles is 1. The molecule has 1 aromatic heterocycles. The average Bonchev–Trinajstić information content (AvgIpc) is 3.21. The third-order valence-electron chi connectivity index (χ3n) is 7.55. The molecule has 0 aliphatic carbocycles. The van der Waals surface area contributed by atoms with E-state index in [1.807, 2.05) is 6.07 Å². The Morgan fingerprint density at radius 3 is 2.35 bits per heavy atom. The highest BCUT2D eigenvalue weighted by molar-refractivity contribution is 5.78. The largest absolute Gasteiger partial charge is 0.353 e. The van der Waals surface area contributed by atoms with Crippen molar-refractivity contribution in [1.29, 1.82) is 5.26 Å². The molecule has 0 saturated carbocycles. The van der Waals surface area contributed by atoms with Gasteiger partial charge in [0.2, 0.25) is 5.95 Å². The van der Waals surface area contributed by atoms with Crippen LogP contribution in [0.3, 0.4) is 0 Å². The van der Waals surface area contributed by atoms with Crippen LogP contribution in [0.25, 0.3) is 11.0 Å². The second kappa shape index (κ2) is 10.6. The molecule has 1 saturated heterocycles. The Morgan fingerprint density at radius 2 is 1.71 bits per heavy atom. The van der Waals surface area contributed by atoms with Gasteiger partial charge < -0.3 is 14.8 Å². The van der Waals surface area contributed by atoms with Crippen molar-refractivity contribution in [1.82, 2.24) is 14.5 Å². The van der Waals surface area contributed by atoms with Gasteiger partial charge in [-0.1, -0.05) is 56.3 Å².